The van der Waals surface area contributed by atoms with E-state index in [-0.39, 0.29) is 11.8 Å². The number of nitrogens with zero attached hydrogens (tertiary/aromatic N) is 1. The predicted molar refractivity (Wildman–Crippen MR) is 62.8 cm³/mol. The first kappa shape index (κ1) is 12.4. The van der Waals surface area contributed by atoms with Crippen LogP contribution in [0.25, 0.3) is 0 Å². The third kappa shape index (κ3) is 3.85. The summed E-state index contributed by atoms with van der Waals surface area (Å²) in [6, 6.07) is 10.0. The third-order valence-corrected chi connectivity index (χ3v) is 2.45. The molecule has 0 N–H and O–H groups in total. The summed E-state index contributed by atoms with van der Waals surface area (Å²) >= 11 is 0. The molecule has 0 spiro atoms. The van der Waals surface area contributed by atoms with Gasteiger partial charge in [0.05, 0.1) is 0 Å². The average Bonchev–Trinajstić information content (AvgIpc) is 2.24. The third-order valence-electron chi connectivity index (χ3n) is 2.45. The Hall–Kier alpha value is -1.64. The second-order valence-corrected chi connectivity index (χ2v) is 3.78. The molecule has 0 fully saturated rings. The highest BCUT2D eigenvalue weighted by molar-refractivity contribution is 5.92. The highest BCUT2D eigenvalue weighted by Gasteiger charge is 2.12. The molecule has 0 radical (unpaired) electrons. The zero-order valence-electron chi connectivity index (χ0n) is 9.77. The van der Waals surface area contributed by atoms with Crippen molar-refractivity contribution in [2.75, 3.05) is 6.54 Å². The number of imide groups is 1. The lowest BCUT2D eigenvalue weighted by atomic mass is 10.1. The molecule has 3 nitrogen and oxygen atoms in total. The standard InChI is InChI=1S/C13H17NO2/c1-11(15)14(12(2)16)10-6-9-13-7-4-3-5-8-13/h3-5,7-8H,6,9-10H2,1-2H3. The minimum atomic E-state index is -0.180. The highest BCUT2D eigenvalue weighted by atomic mass is 16.2. The number of carbonyl (C=O) groups excluding carboxylic acids is 2. The van der Waals surface area contributed by atoms with Crippen LogP contribution in [-0.2, 0) is 16.0 Å². The highest BCUT2D eigenvalue weighted by Crippen LogP contribution is 2.04. The average molecular weight is 219 g/mol. The quantitative estimate of drug-likeness (QED) is 0.776. The van der Waals surface area contributed by atoms with E-state index in [1.807, 2.05) is 30.3 Å². The summed E-state index contributed by atoms with van der Waals surface area (Å²) in [6.45, 7) is 3.34. The number of rotatable bonds is 4. The van der Waals surface area contributed by atoms with Gasteiger partial charge in [-0.3, -0.25) is 14.5 Å². The van der Waals surface area contributed by atoms with Crippen LogP contribution in [0.3, 0.4) is 0 Å². The van der Waals surface area contributed by atoms with Crippen LogP contribution in [0.4, 0.5) is 0 Å². The molecule has 3 heteroatoms. The number of amides is 2. The van der Waals surface area contributed by atoms with E-state index in [4.69, 9.17) is 0 Å². The lowest BCUT2D eigenvalue weighted by Gasteiger charge is -2.16. The molecular formula is C13H17NO2. The molecule has 1 aromatic carbocycles. The van der Waals surface area contributed by atoms with Crippen LogP contribution < -0.4 is 0 Å². The summed E-state index contributed by atoms with van der Waals surface area (Å²) in [5.74, 6) is -0.360. The molecule has 0 aromatic heterocycles. The summed E-state index contributed by atoms with van der Waals surface area (Å²) in [4.78, 5) is 23.5. The molecule has 1 rings (SSSR count). The Morgan fingerprint density at radius 1 is 1.06 bits per heavy atom. The minimum absolute atomic E-state index is 0.180. The van der Waals surface area contributed by atoms with Gasteiger partial charge >= 0.3 is 0 Å². The van der Waals surface area contributed by atoms with Gasteiger partial charge in [-0.1, -0.05) is 30.3 Å². The smallest absolute Gasteiger partial charge is 0.226 e. The van der Waals surface area contributed by atoms with E-state index in [0.29, 0.717) is 6.54 Å². The van der Waals surface area contributed by atoms with Gasteiger partial charge in [0.2, 0.25) is 11.8 Å². The number of aryl methyl sites for hydroxylation is 1. The summed E-state index contributed by atoms with van der Waals surface area (Å²) < 4.78 is 0. The Kier molecular flexibility index (Phi) is 4.70. The molecule has 0 bridgehead atoms. The molecule has 2 amide bonds. The van der Waals surface area contributed by atoms with Crippen LogP contribution in [0, 0.1) is 0 Å². The number of benzene rings is 1. The monoisotopic (exact) mass is 219 g/mol. The summed E-state index contributed by atoms with van der Waals surface area (Å²) in [6.07, 6.45) is 1.70. The second-order valence-electron chi connectivity index (χ2n) is 3.78. The molecule has 0 aliphatic carbocycles. The van der Waals surface area contributed by atoms with Gasteiger partial charge in [0.15, 0.2) is 0 Å². The first-order valence-corrected chi connectivity index (χ1v) is 5.44. The molecule has 0 aliphatic heterocycles. The maximum absolute atomic E-state index is 11.1. The zero-order chi connectivity index (χ0) is 12.0. The van der Waals surface area contributed by atoms with Crippen molar-refractivity contribution in [1.29, 1.82) is 0 Å². The normalized spacial score (nSPS) is 9.88. The van der Waals surface area contributed by atoms with Gasteiger partial charge in [0, 0.05) is 20.4 Å². The maximum atomic E-state index is 11.1. The van der Waals surface area contributed by atoms with E-state index >= 15 is 0 Å². The topological polar surface area (TPSA) is 37.4 Å². The summed E-state index contributed by atoms with van der Waals surface area (Å²) in [5, 5.41) is 0. The van der Waals surface area contributed by atoms with E-state index < -0.39 is 0 Å². The Morgan fingerprint density at radius 3 is 2.12 bits per heavy atom. The van der Waals surface area contributed by atoms with Crippen LogP contribution in [-0.4, -0.2) is 23.3 Å². The van der Waals surface area contributed by atoms with E-state index in [9.17, 15) is 9.59 Å². The predicted octanol–water partition coefficient (Wildman–Crippen LogP) is 2.01. The molecule has 16 heavy (non-hydrogen) atoms. The van der Waals surface area contributed by atoms with Crippen LogP contribution in [0.5, 0.6) is 0 Å². The van der Waals surface area contributed by atoms with Crippen LogP contribution in [0.1, 0.15) is 25.8 Å². The van der Waals surface area contributed by atoms with Crippen LogP contribution in [0.2, 0.25) is 0 Å². The lowest BCUT2D eigenvalue weighted by Crippen LogP contribution is -2.34. The molecular weight excluding hydrogens is 202 g/mol. The molecule has 1 aromatic rings. The Balaban J connectivity index is 2.40. The van der Waals surface area contributed by atoms with Crippen molar-refractivity contribution in [3.63, 3.8) is 0 Å². The van der Waals surface area contributed by atoms with Crippen molar-refractivity contribution in [3.8, 4) is 0 Å². The van der Waals surface area contributed by atoms with Crippen molar-refractivity contribution < 1.29 is 9.59 Å². The fourth-order valence-electron chi connectivity index (χ4n) is 1.62. The Morgan fingerprint density at radius 2 is 1.62 bits per heavy atom. The van der Waals surface area contributed by atoms with E-state index in [1.165, 1.54) is 24.3 Å². The van der Waals surface area contributed by atoms with Gasteiger partial charge < -0.3 is 0 Å². The number of hydrogen-bond acceptors (Lipinski definition) is 2. The zero-order valence-corrected chi connectivity index (χ0v) is 9.77. The SMILES string of the molecule is CC(=O)N(CCCc1ccccc1)C(C)=O. The first-order chi connectivity index (χ1) is 7.61. The second kappa shape index (κ2) is 6.05. The van der Waals surface area contributed by atoms with Gasteiger partial charge in [0.25, 0.3) is 0 Å². The minimum Gasteiger partial charge on any atom is -0.283 e. The summed E-state index contributed by atoms with van der Waals surface area (Å²) in [5.41, 5.74) is 1.23. The molecule has 0 unspecified atom stereocenters. The molecule has 0 saturated carbocycles. The Bertz CT molecular complexity index is 345. The van der Waals surface area contributed by atoms with Crippen molar-refractivity contribution in [2.24, 2.45) is 0 Å². The van der Waals surface area contributed by atoms with E-state index in [2.05, 4.69) is 0 Å². The molecule has 0 aliphatic rings. The van der Waals surface area contributed by atoms with Gasteiger partial charge in [-0.2, -0.15) is 0 Å². The van der Waals surface area contributed by atoms with Gasteiger partial charge in [-0.25, -0.2) is 0 Å². The molecule has 0 heterocycles. The van der Waals surface area contributed by atoms with Gasteiger partial charge in [-0.15, -0.1) is 0 Å². The molecule has 0 atom stereocenters. The fraction of sp³-hybridized carbons (Fsp3) is 0.385. The van der Waals surface area contributed by atoms with Crippen molar-refractivity contribution in [3.05, 3.63) is 35.9 Å². The van der Waals surface area contributed by atoms with E-state index in [1.54, 1.807) is 0 Å². The van der Waals surface area contributed by atoms with Gasteiger partial charge in [-0.05, 0) is 18.4 Å². The molecule has 0 saturated heterocycles. The van der Waals surface area contributed by atoms with E-state index in [0.717, 1.165) is 12.8 Å². The van der Waals surface area contributed by atoms with Crippen molar-refractivity contribution >= 4 is 11.8 Å². The number of hydrogen-bond donors (Lipinski definition) is 0. The van der Waals surface area contributed by atoms with Crippen LogP contribution in [0.15, 0.2) is 30.3 Å². The fourth-order valence-corrected chi connectivity index (χ4v) is 1.62. The van der Waals surface area contributed by atoms with Crippen LogP contribution >= 0.6 is 0 Å². The number of carbonyl (C=O) groups is 2. The first-order valence-electron chi connectivity index (χ1n) is 5.44. The largest absolute Gasteiger partial charge is 0.283 e. The van der Waals surface area contributed by atoms with Crippen molar-refractivity contribution in [1.82, 2.24) is 4.90 Å². The summed E-state index contributed by atoms with van der Waals surface area (Å²) in [7, 11) is 0. The van der Waals surface area contributed by atoms with Crippen molar-refractivity contribution in [2.45, 2.75) is 26.7 Å². The van der Waals surface area contributed by atoms with Gasteiger partial charge in [0.1, 0.15) is 0 Å². The Labute approximate surface area is 96.1 Å². The molecule has 86 valence electrons. The lowest BCUT2D eigenvalue weighted by molar-refractivity contribution is -0.142. The maximum Gasteiger partial charge on any atom is 0.226 e.